The summed E-state index contributed by atoms with van der Waals surface area (Å²) in [4.78, 5) is 2.14. The van der Waals surface area contributed by atoms with Crippen molar-refractivity contribution in [1.29, 1.82) is 15.8 Å². The van der Waals surface area contributed by atoms with Gasteiger partial charge in [-0.2, -0.15) is 15.8 Å². The number of allylic oxidation sites excluding steroid dienone is 8. The van der Waals surface area contributed by atoms with Gasteiger partial charge in [-0.1, -0.05) is 92.8 Å². The molecule has 222 valence electrons. The minimum Gasteiger partial charge on any atom is -0.474 e. The van der Waals surface area contributed by atoms with Gasteiger partial charge in [0.05, 0.1) is 6.61 Å². The van der Waals surface area contributed by atoms with Crippen molar-refractivity contribution in [3.8, 4) is 18.2 Å². The van der Waals surface area contributed by atoms with E-state index in [0.29, 0.717) is 12.1 Å². The summed E-state index contributed by atoms with van der Waals surface area (Å²) in [6, 6.07) is 23.8. The number of anilines is 1. The molecule has 0 saturated heterocycles. The van der Waals surface area contributed by atoms with Crippen molar-refractivity contribution in [2.75, 3.05) is 24.6 Å². The molecule has 0 spiro atoms. The highest BCUT2D eigenvalue weighted by Crippen LogP contribution is 2.47. The summed E-state index contributed by atoms with van der Waals surface area (Å²) in [5.41, 5.74) is 5.03. The standard InChI is InChI=1S/C38H38N4O2/c1-5-42(20-21-43)33-18-16-28(17-19-33)14-15-30-22-29(23-37(2,3)24-30)10-9-13-35-34(27-41)36(31(25-39)26-40)44-38(35,4)32-11-7-6-8-12-32/h6-19,22,43H,5,20-21,23-24H2,1-4H3/b13-9+,15-14+,29-10-. The maximum absolute atomic E-state index is 10.1. The molecule has 0 saturated carbocycles. The molecule has 6 nitrogen and oxygen atoms in total. The van der Waals surface area contributed by atoms with Crippen LogP contribution in [-0.2, 0) is 10.3 Å². The van der Waals surface area contributed by atoms with Crippen molar-refractivity contribution < 1.29 is 9.84 Å². The van der Waals surface area contributed by atoms with Crippen LogP contribution >= 0.6 is 0 Å². The summed E-state index contributed by atoms with van der Waals surface area (Å²) in [6.45, 7) is 10.0. The van der Waals surface area contributed by atoms with Crippen LogP contribution in [0.2, 0.25) is 0 Å². The van der Waals surface area contributed by atoms with Gasteiger partial charge in [0.25, 0.3) is 0 Å². The van der Waals surface area contributed by atoms with Gasteiger partial charge in [-0.3, -0.25) is 0 Å². The summed E-state index contributed by atoms with van der Waals surface area (Å²) >= 11 is 0. The molecule has 4 rings (SSSR count). The highest BCUT2D eigenvalue weighted by atomic mass is 16.5. The Bertz CT molecular complexity index is 1670. The number of benzene rings is 2. The number of aliphatic hydroxyl groups is 1. The molecule has 0 amide bonds. The summed E-state index contributed by atoms with van der Waals surface area (Å²) in [5.74, 6) is 0.0195. The molecule has 1 atom stereocenters. The second kappa shape index (κ2) is 13.9. The minimum absolute atomic E-state index is 0.0195. The zero-order valence-electron chi connectivity index (χ0n) is 25.8. The Labute approximate surface area is 261 Å². The van der Waals surface area contributed by atoms with Gasteiger partial charge in [0.2, 0.25) is 0 Å². The summed E-state index contributed by atoms with van der Waals surface area (Å²) in [7, 11) is 0. The Hall–Kier alpha value is -5.09. The lowest BCUT2D eigenvalue weighted by atomic mass is 9.75. The Balaban J connectivity index is 1.65. The molecule has 0 radical (unpaired) electrons. The predicted octanol–water partition coefficient (Wildman–Crippen LogP) is 7.81. The molecule has 2 aromatic rings. The molecule has 1 aliphatic carbocycles. The zero-order chi connectivity index (χ0) is 31.7. The maximum atomic E-state index is 10.1. The molecule has 6 heteroatoms. The lowest BCUT2D eigenvalue weighted by Crippen LogP contribution is -2.25. The molecule has 2 aromatic carbocycles. The van der Waals surface area contributed by atoms with Crippen molar-refractivity contribution in [3.05, 3.63) is 130 Å². The van der Waals surface area contributed by atoms with Gasteiger partial charge in [-0.15, -0.1) is 0 Å². The number of likely N-dealkylation sites (N-methyl/N-ethyl adjacent to an activating group) is 1. The van der Waals surface area contributed by atoms with Gasteiger partial charge in [-0.25, -0.2) is 0 Å². The van der Waals surface area contributed by atoms with Gasteiger partial charge in [0.15, 0.2) is 16.9 Å². The van der Waals surface area contributed by atoms with E-state index in [1.54, 1.807) is 0 Å². The van der Waals surface area contributed by atoms with E-state index in [1.165, 1.54) is 11.1 Å². The molecule has 1 N–H and O–H groups in total. The number of ether oxygens (including phenoxy) is 1. The van der Waals surface area contributed by atoms with Gasteiger partial charge in [0, 0.05) is 24.4 Å². The van der Waals surface area contributed by atoms with Crippen LogP contribution in [0.4, 0.5) is 5.69 Å². The summed E-state index contributed by atoms with van der Waals surface area (Å²) in [5, 5.41) is 38.5. The van der Waals surface area contributed by atoms with Crippen LogP contribution in [0, 0.1) is 39.4 Å². The summed E-state index contributed by atoms with van der Waals surface area (Å²) in [6.07, 6.45) is 14.2. The van der Waals surface area contributed by atoms with E-state index in [1.807, 2.05) is 61.5 Å². The van der Waals surface area contributed by atoms with Crippen LogP contribution in [0.3, 0.4) is 0 Å². The first kappa shape index (κ1) is 31.8. The first-order valence-corrected chi connectivity index (χ1v) is 14.8. The maximum Gasteiger partial charge on any atom is 0.172 e. The molecule has 1 heterocycles. The average Bonchev–Trinajstić information content (AvgIpc) is 3.31. The first-order chi connectivity index (χ1) is 21.2. The number of aliphatic hydroxyl groups excluding tert-OH is 1. The van der Waals surface area contributed by atoms with Crippen LogP contribution in [0.5, 0.6) is 0 Å². The third kappa shape index (κ3) is 7.09. The van der Waals surface area contributed by atoms with Crippen LogP contribution in [0.25, 0.3) is 6.08 Å². The Morgan fingerprint density at radius 1 is 0.955 bits per heavy atom. The molecule has 44 heavy (non-hydrogen) atoms. The van der Waals surface area contributed by atoms with Gasteiger partial charge in [-0.05, 0) is 66.5 Å². The predicted molar refractivity (Wildman–Crippen MR) is 175 cm³/mol. The fourth-order valence-corrected chi connectivity index (χ4v) is 5.88. The smallest absolute Gasteiger partial charge is 0.172 e. The van der Waals surface area contributed by atoms with E-state index >= 15 is 0 Å². The molecule has 1 aliphatic heterocycles. The van der Waals surface area contributed by atoms with E-state index in [4.69, 9.17) is 4.74 Å². The van der Waals surface area contributed by atoms with E-state index in [0.717, 1.165) is 36.2 Å². The van der Waals surface area contributed by atoms with E-state index in [9.17, 15) is 20.9 Å². The lowest BCUT2D eigenvalue weighted by molar-refractivity contribution is 0.0755. The van der Waals surface area contributed by atoms with Crippen molar-refractivity contribution >= 4 is 11.8 Å². The lowest BCUT2D eigenvalue weighted by Gasteiger charge is -2.30. The Kier molecular flexibility index (Phi) is 10.1. The van der Waals surface area contributed by atoms with E-state index in [-0.39, 0.29) is 28.9 Å². The Morgan fingerprint density at radius 3 is 2.27 bits per heavy atom. The second-order valence-corrected chi connectivity index (χ2v) is 11.9. The third-order valence-corrected chi connectivity index (χ3v) is 8.01. The van der Waals surface area contributed by atoms with Crippen molar-refractivity contribution in [3.63, 3.8) is 0 Å². The van der Waals surface area contributed by atoms with Crippen LogP contribution in [0.15, 0.2) is 119 Å². The SMILES string of the molecule is CCN(CCO)c1ccc(/C=C/C2=CC(=C/C=C/C3=C(C#N)C(=C(C#N)C#N)OC3(C)c3ccccc3)/CC(C)(C)C2)cc1. The topological polar surface area (TPSA) is 104 Å². The van der Waals surface area contributed by atoms with Crippen LogP contribution in [0.1, 0.15) is 51.7 Å². The van der Waals surface area contributed by atoms with Crippen LogP contribution in [-0.4, -0.2) is 24.8 Å². The van der Waals surface area contributed by atoms with Gasteiger partial charge >= 0.3 is 0 Å². The molecule has 0 bridgehead atoms. The molecular weight excluding hydrogens is 544 g/mol. The molecular formula is C38H38N4O2. The molecule has 2 aliphatic rings. The fourth-order valence-electron chi connectivity index (χ4n) is 5.88. The zero-order valence-corrected chi connectivity index (χ0v) is 25.8. The molecule has 0 aromatic heterocycles. The number of hydrogen-bond acceptors (Lipinski definition) is 6. The molecule has 1 unspecified atom stereocenters. The van der Waals surface area contributed by atoms with Gasteiger partial charge in [0.1, 0.15) is 23.8 Å². The van der Waals surface area contributed by atoms with Crippen molar-refractivity contribution in [2.45, 2.75) is 46.1 Å². The number of hydrogen-bond donors (Lipinski definition) is 1. The first-order valence-electron chi connectivity index (χ1n) is 14.8. The van der Waals surface area contributed by atoms with Crippen molar-refractivity contribution in [2.24, 2.45) is 5.41 Å². The van der Waals surface area contributed by atoms with Crippen LogP contribution < -0.4 is 4.90 Å². The number of nitrogens with zero attached hydrogens (tertiary/aromatic N) is 4. The molecule has 0 fully saturated rings. The van der Waals surface area contributed by atoms with Gasteiger partial charge < -0.3 is 14.7 Å². The number of nitriles is 3. The largest absolute Gasteiger partial charge is 0.474 e. The highest BCUT2D eigenvalue weighted by Gasteiger charge is 2.43. The quantitative estimate of drug-likeness (QED) is 0.302. The highest BCUT2D eigenvalue weighted by molar-refractivity contribution is 5.62. The fraction of sp³-hybridized carbons (Fsp3) is 0.289. The average molecular weight is 583 g/mol. The van der Waals surface area contributed by atoms with E-state index < -0.39 is 5.60 Å². The monoisotopic (exact) mass is 582 g/mol. The second-order valence-electron chi connectivity index (χ2n) is 11.9. The number of rotatable bonds is 9. The third-order valence-electron chi connectivity index (χ3n) is 8.01. The van der Waals surface area contributed by atoms with E-state index in [2.05, 4.69) is 80.3 Å². The van der Waals surface area contributed by atoms with Crippen molar-refractivity contribution in [1.82, 2.24) is 0 Å². The normalized spacial score (nSPS) is 20.3. The summed E-state index contributed by atoms with van der Waals surface area (Å²) < 4.78 is 6.23. The Morgan fingerprint density at radius 2 is 1.66 bits per heavy atom. The minimum atomic E-state index is -1.03.